The lowest BCUT2D eigenvalue weighted by molar-refractivity contribution is -0.124. The molecular formula is C28H27N3O2. The number of benzene rings is 3. The summed E-state index contributed by atoms with van der Waals surface area (Å²) in [5.74, 6) is 0.317. The van der Waals surface area contributed by atoms with Crippen molar-refractivity contribution in [2.45, 2.75) is 26.3 Å². The second-order valence-corrected chi connectivity index (χ2v) is 8.02. The monoisotopic (exact) mass is 437 g/mol. The van der Waals surface area contributed by atoms with Crippen LogP contribution >= 0.6 is 0 Å². The fourth-order valence-electron chi connectivity index (χ4n) is 4.07. The minimum absolute atomic E-state index is 0.0838. The highest BCUT2D eigenvalue weighted by molar-refractivity contribution is 5.91. The Morgan fingerprint density at radius 1 is 1.03 bits per heavy atom. The molecule has 0 aliphatic carbocycles. The van der Waals surface area contributed by atoms with Crippen LogP contribution in [0.5, 0.6) is 0 Å². The standard InChI is InChI=1S/C28H27N3O2/c1-20-26(19-22-10-5-3-6-11-22)31(21(2)24-13-7-4-8-14-24)28(29-20)25-15-9-12-23(18-25)16-17-27(32)30-33/h3-18,21,33H,19H2,1-2H3,(H,30,32). The second kappa shape index (κ2) is 10.1. The van der Waals surface area contributed by atoms with Crippen molar-refractivity contribution in [1.82, 2.24) is 15.0 Å². The summed E-state index contributed by atoms with van der Waals surface area (Å²) in [5, 5.41) is 8.74. The molecule has 33 heavy (non-hydrogen) atoms. The number of hydrogen-bond donors (Lipinski definition) is 2. The lowest BCUT2D eigenvalue weighted by atomic mass is 10.0. The number of carbonyl (C=O) groups excluding carboxylic acids is 1. The molecular weight excluding hydrogens is 410 g/mol. The van der Waals surface area contributed by atoms with Gasteiger partial charge in [-0.15, -0.1) is 0 Å². The summed E-state index contributed by atoms with van der Waals surface area (Å²) < 4.78 is 2.32. The molecule has 0 aliphatic rings. The topological polar surface area (TPSA) is 67.2 Å². The Morgan fingerprint density at radius 3 is 2.42 bits per heavy atom. The lowest BCUT2D eigenvalue weighted by Crippen LogP contribution is -2.14. The molecule has 5 nitrogen and oxygen atoms in total. The Morgan fingerprint density at radius 2 is 1.73 bits per heavy atom. The molecule has 0 saturated heterocycles. The first kappa shape index (κ1) is 22.2. The van der Waals surface area contributed by atoms with Crippen molar-refractivity contribution in [3.05, 3.63) is 119 Å². The molecule has 1 aromatic heterocycles. The van der Waals surface area contributed by atoms with Crippen LogP contribution in [0.25, 0.3) is 17.5 Å². The highest BCUT2D eigenvalue weighted by Gasteiger charge is 2.21. The third kappa shape index (κ3) is 5.10. The molecule has 0 spiro atoms. The molecule has 0 bridgehead atoms. The Balaban J connectivity index is 1.82. The Kier molecular flexibility index (Phi) is 6.81. The van der Waals surface area contributed by atoms with E-state index in [0.29, 0.717) is 0 Å². The normalized spacial score (nSPS) is 12.1. The number of imidazole rings is 1. The minimum Gasteiger partial charge on any atom is -0.320 e. The third-order valence-electron chi connectivity index (χ3n) is 5.78. The zero-order valence-electron chi connectivity index (χ0n) is 18.8. The lowest BCUT2D eigenvalue weighted by Gasteiger charge is -2.21. The Hall–Kier alpha value is -3.96. The quantitative estimate of drug-likeness (QED) is 0.225. The second-order valence-electron chi connectivity index (χ2n) is 8.02. The van der Waals surface area contributed by atoms with Crippen molar-refractivity contribution in [2.75, 3.05) is 0 Å². The molecule has 2 N–H and O–H groups in total. The average molecular weight is 438 g/mol. The van der Waals surface area contributed by atoms with Crippen molar-refractivity contribution >= 4 is 12.0 Å². The van der Waals surface area contributed by atoms with E-state index < -0.39 is 5.91 Å². The van der Waals surface area contributed by atoms with Crippen molar-refractivity contribution in [3.8, 4) is 11.4 Å². The maximum atomic E-state index is 11.4. The summed E-state index contributed by atoms with van der Waals surface area (Å²) in [6.07, 6.45) is 3.75. The number of nitrogens with zero attached hydrogens (tertiary/aromatic N) is 2. The molecule has 1 atom stereocenters. The zero-order valence-corrected chi connectivity index (χ0v) is 18.8. The van der Waals surface area contributed by atoms with Gasteiger partial charge in [0.05, 0.1) is 11.7 Å². The van der Waals surface area contributed by atoms with Crippen LogP contribution in [0, 0.1) is 6.92 Å². The van der Waals surface area contributed by atoms with Crippen LogP contribution in [0.3, 0.4) is 0 Å². The van der Waals surface area contributed by atoms with Crippen LogP contribution in [0.15, 0.2) is 91.0 Å². The van der Waals surface area contributed by atoms with E-state index in [1.807, 2.05) is 36.4 Å². The van der Waals surface area contributed by atoms with Gasteiger partial charge in [0.25, 0.3) is 5.91 Å². The van der Waals surface area contributed by atoms with E-state index >= 15 is 0 Å². The van der Waals surface area contributed by atoms with Gasteiger partial charge in [-0.1, -0.05) is 78.9 Å². The summed E-state index contributed by atoms with van der Waals surface area (Å²) in [6, 6.07) is 28.8. The van der Waals surface area contributed by atoms with E-state index in [0.717, 1.165) is 29.1 Å². The molecule has 1 unspecified atom stereocenters. The number of aryl methyl sites for hydroxylation is 1. The van der Waals surface area contributed by atoms with Crippen molar-refractivity contribution in [1.29, 1.82) is 0 Å². The first-order valence-corrected chi connectivity index (χ1v) is 11.0. The maximum absolute atomic E-state index is 11.4. The van der Waals surface area contributed by atoms with Crippen LogP contribution < -0.4 is 5.48 Å². The number of rotatable bonds is 7. The predicted octanol–water partition coefficient (Wildman–Crippen LogP) is 5.58. The molecule has 0 saturated carbocycles. The van der Waals surface area contributed by atoms with Crippen molar-refractivity contribution in [2.24, 2.45) is 0 Å². The summed E-state index contributed by atoms with van der Waals surface area (Å²) in [7, 11) is 0. The SMILES string of the molecule is Cc1nc(-c2cccc(C=CC(=O)NO)c2)n(C(C)c2ccccc2)c1Cc1ccccc1. The third-order valence-corrected chi connectivity index (χ3v) is 5.78. The van der Waals surface area contributed by atoms with E-state index in [2.05, 4.69) is 66.9 Å². The highest BCUT2D eigenvalue weighted by Crippen LogP contribution is 2.31. The van der Waals surface area contributed by atoms with E-state index in [1.54, 1.807) is 11.6 Å². The van der Waals surface area contributed by atoms with E-state index in [9.17, 15) is 4.79 Å². The Labute approximate surface area is 194 Å². The molecule has 5 heteroatoms. The summed E-state index contributed by atoms with van der Waals surface area (Å²) >= 11 is 0. The molecule has 4 rings (SSSR count). The largest absolute Gasteiger partial charge is 0.320 e. The fourth-order valence-corrected chi connectivity index (χ4v) is 4.07. The van der Waals surface area contributed by atoms with Crippen molar-refractivity contribution < 1.29 is 10.0 Å². The summed E-state index contributed by atoms with van der Waals surface area (Å²) in [4.78, 5) is 16.4. The van der Waals surface area contributed by atoms with Crippen LogP contribution in [-0.4, -0.2) is 20.7 Å². The van der Waals surface area contributed by atoms with Gasteiger partial charge < -0.3 is 4.57 Å². The van der Waals surface area contributed by atoms with Crippen LogP contribution in [0.1, 0.15) is 41.0 Å². The fraction of sp³-hybridized carbons (Fsp3) is 0.143. The number of hydroxylamine groups is 1. The molecule has 166 valence electrons. The number of nitrogens with one attached hydrogen (secondary N) is 1. The van der Waals surface area contributed by atoms with E-state index in [4.69, 9.17) is 10.2 Å². The first-order valence-electron chi connectivity index (χ1n) is 11.0. The average Bonchev–Trinajstić information content (AvgIpc) is 3.19. The van der Waals surface area contributed by atoms with Gasteiger partial charge in [-0.2, -0.15) is 0 Å². The Bertz CT molecular complexity index is 1260. The number of hydrogen-bond acceptors (Lipinski definition) is 3. The van der Waals surface area contributed by atoms with Crippen LogP contribution in [-0.2, 0) is 11.2 Å². The molecule has 1 heterocycles. The van der Waals surface area contributed by atoms with Gasteiger partial charge in [0, 0.05) is 23.8 Å². The van der Waals surface area contributed by atoms with Gasteiger partial charge >= 0.3 is 0 Å². The van der Waals surface area contributed by atoms with Gasteiger partial charge in [0.15, 0.2) is 0 Å². The van der Waals surface area contributed by atoms with Crippen LogP contribution in [0.2, 0.25) is 0 Å². The predicted molar refractivity (Wildman–Crippen MR) is 131 cm³/mol. The first-order chi connectivity index (χ1) is 16.1. The smallest absolute Gasteiger partial charge is 0.267 e. The molecule has 0 fully saturated rings. The van der Waals surface area contributed by atoms with Crippen molar-refractivity contribution in [3.63, 3.8) is 0 Å². The number of amides is 1. The molecule has 0 aliphatic heterocycles. The van der Waals surface area contributed by atoms with Crippen LogP contribution in [0.4, 0.5) is 0 Å². The highest BCUT2D eigenvalue weighted by atomic mass is 16.5. The summed E-state index contributed by atoms with van der Waals surface area (Å²) in [5.41, 5.74) is 8.04. The molecule has 0 radical (unpaired) electrons. The van der Waals surface area contributed by atoms with Gasteiger partial charge in [0.2, 0.25) is 0 Å². The zero-order chi connectivity index (χ0) is 23.2. The molecule has 1 amide bonds. The van der Waals surface area contributed by atoms with E-state index in [1.165, 1.54) is 22.9 Å². The molecule has 3 aromatic carbocycles. The van der Waals surface area contributed by atoms with Gasteiger partial charge in [-0.3, -0.25) is 10.0 Å². The maximum Gasteiger partial charge on any atom is 0.267 e. The number of carbonyl (C=O) groups is 1. The van der Waals surface area contributed by atoms with Gasteiger partial charge in [0.1, 0.15) is 5.82 Å². The van der Waals surface area contributed by atoms with E-state index in [-0.39, 0.29) is 6.04 Å². The summed E-state index contributed by atoms with van der Waals surface area (Å²) in [6.45, 7) is 4.26. The molecule has 4 aromatic rings. The number of aromatic nitrogens is 2. The van der Waals surface area contributed by atoms with Gasteiger partial charge in [-0.05, 0) is 42.7 Å². The minimum atomic E-state index is -0.569. The van der Waals surface area contributed by atoms with Gasteiger partial charge in [-0.25, -0.2) is 10.5 Å².